The summed E-state index contributed by atoms with van der Waals surface area (Å²) >= 11 is 5.97. The number of aryl methyl sites for hydroxylation is 1. The molecule has 3 N–H and O–H groups in total. The van der Waals surface area contributed by atoms with E-state index in [2.05, 4.69) is 10.6 Å². The summed E-state index contributed by atoms with van der Waals surface area (Å²) < 4.78 is 1.47. The van der Waals surface area contributed by atoms with Gasteiger partial charge in [-0.1, -0.05) is 29.8 Å². The van der Waals surface area contributed by atoms with E-state index in [1.54, 1.807) is 43.4 Å². The largest absolute Gasteiger partial charge is 0.478 e. The summed E-state index contributed by atoms with van der Waals surface area (Å²) in [5.74, 6) is -0.626. The number of halogens is 1. The molecular weight excluding hydrogens is 440 g/mol. The second-order valence-electron chi connectivity index (χ2n) is 7.90. The predicted molar refractivity (Wildman–Crippen MR) is 132 cm³/mol. The van der Waals surface area contributed by atoms with Crippen molar-refractivity contribution in [3.63, 3.8) is 0 Å². The van der Waals surface area contributed by atoms with Gasteiger partial charge in [-0.25, -0.2) is 9.78 Å². The van der Waals surface area contributed by atoms with E-state index in [4.69, 9.17) is 16.6 Å². The van der Waals surface area contributed by atoms with E-state index in [1.807, 2.05) is 38.1 Å². The smallest absolute Gasteiger partial charge is 0.337 e. The summed E-state index contributed by atoms with van der Waals surface area (Å²) in [5, 5.41) is 17.1. The molecule has 0 saturated heterocycles. The molecule has 0 aliphatic heterocycles. The van der Waals surface area contributed by atoms with Crippen LogP contribution in [0.25, 0.3) is 10.9 Å². The van der Waals surface area contributed by atoms with Crippen molar-refractivity contribution >= 4 is 45.8 Å². The number of hydrogen-bond acceptors (Lipinski definition) is 5. The molecule has 0 spiro atoms. The fraction of sp³-hybridized carbons (Fsp3) is 0.160. The highest BCUT2D eigenvalue weighted by molar-refractivity contribution is 6.30. The first-order valence-corrected chi connectivity index (χ1v) is 10.7. The molecule has 4 rings (SSSR count). The van der Waals surface area contributed by atoms with Gasteiger partial charge in [0.25, 0.3) is 5.56 Å². The molecule has 4 aromatic rings. The van der Waals surface area contributed by atoms with Crippen LogP contribution < -0.4 is 16.2 Å². The normalized spacial score (nSPS) is 11.9. The van der Waals surface area contributed by atoms with E-state index in [9.17, 15) is 14.7 Å². The van der Waals surface area contributed by atoms with Crippen LogP contribution in [0.4, 0.5) is 17.3 Å². The number of benzene rings is 3. The third kappa shape index (κ3) is 4.54. The molecule has 0 bridgehead atoms. The van der Waals surface area contributed by atoms with Gasteiger partial charge in [-0.05, 0) is 61.9 Å². The number of aromatic carboxylic acids is 1. The monoisotopic (exact) mass is 462 g/mol. The molecule has 1 heterocycles. The van der Waals surface area contributed by atoms with Crippen LogP contribution >= 0.6 is 11.6 Å². The zero-order chi connectivity index (χ0) is 23.7. The van der Waals surface area contributed by atoms with E-state index in [-0.39, 0.29) is 17.2 Å². The lowest BCUT2D eigenvalue weighted by Gasteiger charge is -2.20. The van der Waals surface area contributed by atoms with Gasteiger partial charge in [0.05, 0.1) is 22.5 Å². The van der Waals surface area contributed by atoms with Gasteiger partial charge in [-0.2, -0.15) is 0 Å². The fourth-order valence-corrected chi connectivity index (χ4v) is 3.89. The van der Waals surface area contributed by atoms with E-state index in [1.165, 1.54) is 4.57 Å². The van der Waals surface area contributed by atoms with E-state index < -0.39 is 5.97 Å². The zero-order valence-corrected chi connectivity index (χ0v) is 19.1. The van der Waals surface area contributed by atoms with Crippen molar-refractivity contribution in [2.45, 2.75) is 19.9 Å². The molecule has 3 aromatic carbocycles. The summed E-state index contributed by atoms with van der Waals surface area (Å²) in [5.41, 5.74) is 3.49. The van der Waals surface area contributed by atoms with Crippen LogP contribution in [0.15, 0.2) is 65.5 Å². The Kier molecular flexibility index (Phi) is 6.07. The predicted octanol–water partition coefficient (Wildman–Crippen LogP) is 5.51. The first-order valence-electron chi connectivity index (χ1n) is 10.4. The standard InChI is InChI=1S/C25H23ClN4O3/c1-14-12-19(15(2)27-21-7-5-4-6-18(21)24(32)33)22-20(13-14)23(31)30(3)25(29-22)28-17-10-8-16(26)9-11-17/h4-13,15,27H,1-3H3,(H,28,29)(H,32,33). The van der Waals surface area contributed by atoms with Gasteiger partial charge < -0.3 is 15.7 Å². The Hall–Kier alpha value is -3.84. The lowest BCUT2D eigenvalue weighted by Crippen LogP contribution is -2.22. The van der Waals surface area contributed by atoms with Crippen molar-refractivity contribution in [1.29, 1.82) is 0 Å². The van der Waals surface area contributed by atoms with Crippen molar-refractivity contribution in [2.24, 2.45) is 7.05 Å². The molecule has 1 atom stereocenters. The molecule has 1 aromatic heterocycles. The third-order valence-electron chi connectivity index (χ3n) is 5.45. The van der Waals surface area contributed by atoms with E-state index in [0.717, 1.165) is 16.8 Å². The number of fused-ring (bicyclic) bond motifs is 1. The van der Waals surface area contributed by atoms with Crippen LogP contribution in [-0.4, -0.2) is 20.6 Å². The summed E-state index contributed by atoms with van der Waals surface area (Å²) in [6.45, 7) is 3.83. The van der Waals surface area contributed by atoms with Gasteiger partial charge in [0.2, 0.25) is 5.95 Å². The second kappa shape index (κ2) is 8.96. The summed E-state index contributed by atoms with van der Waals surface area (Å²) in [6.07, 6.45) is 0. The Morgan fingerprint density at radius 1 is 1.12 bits per heavy atom. The van der Waals surface area contributed by atoms with Crippen LogP contribution in [0.3, 0.4) is 0 Å². The SMILES string of the molecule is Cc1cc(C(C)Nc2ccccc2C(=O)O)c2nc(Nc3ccc(Cl)cc3)n(C)c(=O)c2c1. The number of carbonyl (C=O) groups is 1. The molecule has 0 radical (unpaired) electrons. The Morgan fingerprint density at radius 2 is 1.82 bits per heavy atom. The van der Waals surface area contributed by atoms with Crippen LogP contribution in [0.1, 0.15) is 34.5 Å². The van der Waals surface area contributed by atoms with Crippen molar-refractivity contribution in [3.05, 3.63) is 92.7 Å². The van der Waals surface area contributed by atoms with Gasteiger partial charge in [-0.3, -0.25) is 9.36 Å². The molecule has 0 fully saturated rings. The molecule has 33 heavy (non-hydrogen) atoms. The molecule has 0 aliphatic rings. The van der Waals surface area contributed by atoms with Crippen LogP contribution in [0, 0.1) is 6.92 Å². The Morgan fingerprint density at radius 3 is 2.52 bits per heavy atom. The minimum absolute atomic E-state index is 0.176. The summed E-state index contributed by atoms with van der Waals surface area (Å²) in [7, 11) is 1.67. The minimum Gasteiger partial charge on any atom is -0.478 e. The number of hydrogen-bond donors (Lipinski definition) is 3. The lowest BCUT2D eigenvalue weighted by molar-refractivity contribution is 0.0698. The molecule has 168 valence electrons. The first-order chi connectivity index (χ1) is 15.7. The molecular formula is C25H23ClN4O3. The highest BCUT2D eigenvalue weighted by atomic mass is 35.5. The summed E-state index contributed by atoms with van der Waals surface area (Å²) in [4.78, 5) is 29.6. The van der Waals surface area contributed by atoms with E-state index >= 15 is 0 Å². The van der Waals surface area contributed by atoms with Crippen LogP contribution in [-0.2, 0) is 7.05 Å². The van der Waals surface area contributed by atoms with Crippen molar-refractivity contribution in [3.8, 4) is 0 Å². The average molecular weight is 463 g/mol. The number of nitrogens with zero attached hydrogens (tertiary/aromatic N) is 2. The molecule has 1 unspecified atom stereocenters. The van der Waals surface area contributed by atoms with Gasteiger partial charge in [0.15, 0.2) is 0 Å². The topological polar surface area (TPSA) is 96.2 Å². The fourth-order valence-electron chi connectivity index (χ4n) is 3.76. The number of aromatic nitrogens is 2. The molecule has 0 aliphatic carbocycles. The Bertz CT molecular complexity index is 1410. The van der Waals surface area contributed by atoms with E-state index in [0.29, 0.717) is 27.6 Å². The number of para-hydroxylation sites is 1. The van der Waals surface area contributed by atoms with Gasteiger partial charge in [-0.15, -0.1) is 0 Å². The van der Waals surface area contributed by atoms with Gasteiger partial charge in [0.1, 0.15) is 0 Å². The first kappa shape index (κ1) is 22.4. The molecule has 7 nitrogen and oxygen atoms in total. The van der Waals surface area contributed by atoms with Gasteiger partial charge >= 0.3 is 5.97 Å². The third-order valence-corrected chi connectivity index (χ3v) is 5.70. The minimum atomic E-state index is -1.01. The highest BCUT2D eigenvalue weighted by Gasteiger charge is 2.18. The number of carboxylic acids is 1. The second-order valence-corrected chi connectivity index (χ2v) is 8.33. The van der Waals surface area contributed by atoms with Crippen LogP contribution in [0.5, 0.6) is 0 Å². The number of carboxylic acid groups (broad SMARTS) is 1. The van der Waals surface area contributed by atoms with Crippen molar-refractivity contribution < 1.29 is 9.90 Å². The highest BCUT2D eigenvalue weighted by Crippen LogP contribution is 2.29. The lowest BCUT2D eigenvalue weighted by atomic mass is 10.0. The van der Waals surface area contributed by atoms with Gasteiger partial charge in [0, 0.05) is 29.0 Å². The maximum absolute atomic E-state index is 13.2. The van der Waals surface area contributed by atoms with Crippen LogP contribution in [0.2, 0.25) is 5.02 Å². The summed E-state index contributed by atoms with van der Waals surface area (Å²) in [6, 6.07) is 17.3. The Labute approximate surface area is 195 Å². The molecule has 8 heteroatoms. The molecule has 0 amide bonds. The maximum atomic E-state index is 13.2. The number of anilines is 3. The zero-order valence-electron chi connectivity index (χ0n) is 18.4. The number of nitrogens with one attached hydrogen (secondary N) is 2. The van der Waals surface area contributed by atoms with Crippen molar-refractivity contribution in [1.82, 2.24) is 9.55 Å². The number of rotatable bonds is 6. The van der Waals surface area contributed by atoms with Crippen molar-refractivity contribution in [2.75, 3.05) is 10.6 Å². The Balaban J connectivity index is 1.81. The molecule has 0 saturated carbocycles. The average Bonchev–Trinajstić information content (AvgIpc) is 2.79. The quantitative estimate of drug-likeness (QED) is 0.349. The maximum Gasteiger partial charge on any atom is 0.337 e.